The Kier molecular flexibility index (Phi) is 5.45. The zero-order valence-electron chi connectivity index (χ0n) is 19.9. The lowest BCUT2D eigenvalue weighted by Gasteiger charge is -2.23. The van der Waals surface area contributed by atoms with E-state index in [0.29, 0.717) is 28.8 Å². The van der Waals surface area contributed by atoms with Crippen LogP contribution in [0.2, 0.25) is 0 Å². The number of nitrogens with zero attached hydrogens (tertiary/aromatic N) is 2. The number of ketones is 1. The molecular formula is C28H21FN2O5S. The second kappa shape index (κ2) is 8.70. The standard InChI is InChI=1S/C28H21FN2O5S/c1-14-11-17-12-16(5-10-21(17)36-14)25(32)23-24(15-3-6-18(29)7-4-15)31(27(34)26(23)33)28-30-20-9-8-19(35-2)13-22(20)37-28/h3-10,12-14,24,32H,11H2,1-2H3/b25-23+/t14-,24+/m0/s1. The molecule has 0 saturated carbocycles. The Hall–Kier alpha value is -4.24. The summed E-state index contributed by atoms with van der Waals surface area (Å²) in [7, 11) is 1.56. The Bertz CT molecular complexity index is 1610. The highest BCUT2D eigenvalue weighted by Crippen LogP contribution is 2.45. The van der Waals surface area contributed by atoms with Gasteiger partial charge in [-0.15, -0.1) is 0 Å². The molecule has 0 spiro atoms. The number of hydrogen-bond acceptors (Lipinski definition) is 7. The van der Waals surface area contributed by atoms with E-state index >= 15 is 0 Å². The van der Waals surface area contributed by atoms with Crippen LogP contribution in [-0.4, -0.2) is 35.0 Å². The Balaban J connectivity index is 1.52. The number of Topliss-reactive ketones (excluding diaryl/α,β-unsaturated/α-hetero) is 1. The van der Waals surface area contributed by atoms with Crippen molar-refractivity contribution in [3.8, 4) is 11.5 Å². The molecule has 2 aliphatic rings. The molecule has 0 aliphatic carbocycles. The molecule has 6 rings (SSSR count). The van der Waals surface area contributed by atoms with Crippen LogP contribution >= 0.6 is 11.3 Å². The Labute approximate surface area is 215 Å². The van der Waals surface area contributed by atoms with Crippen molar-refractivity contribution in [2.75, 3.05) is 12.0 Å². The van der Waals surface area contributed by atoms with Gasteiger partial charge >= 0.3 is 5.91 Å². The summed E-state index contributed by atoms with van der Waals surface area (Å²) in [5, 5.41) is 11.7. The molecule has 2 atom stereocenters. The van der Waals surface area contributed by atoms with Crippen LogP contribution in [-0.2, 0) is 16.0 Å². The number of aliphatic hydroxyl groups is 1. The van der Waals surface area contributed by atoms with Gasteiger partial charge in [-0.3, -0.25) is 14.5 Å². The molecule has 4 aromatic rings. The van der Waals surface area contributed by atoms with Crippen LogP contribution in [0.15, 0.2) is 66.2 Å². The van der Waals surface area contributed by atoms with Crippen molar-refractivity contribution in [1.29, 1.82) is 0 Å². The Morgan fingerprint density at radius 2 is 1.92 bits per heavy atom. The van der Waals surface area contributed by atoms with Crippen molar-refractivity contribution in [3.05, 3.63) is 88.7 Å². The number of aromatic nitrogens is 1. The van der Waals surface area contributed by atoms with E-state index in [1.54, 1.807) is 43.5 Å². The van der Waals surface area contributed by atoms with Gasteiger partial charge in [0.1, 0.15) is 29.2 Å². The topological polar surface area (TPSA) is 89.0 Å². The van der Waals surface area contributed by atoms with Crippen molar-refractivity contribution < 1.29 is 28.6 Å². The minimum atomic E-state index is -0.994. The maximum absolute atomic E-state index is 13.8. The van der Waals surface area contributed by atoms with Crippen LogP contribution in [0, 0.1) is 5.82 Å². The second-order valence-electron chi connectivity index (χ2n) is 9.01. The van der Waals surface area contributed by atoms with Gasteiger partial charge in [-0.25, -0.2) is 9.37 Å². The van der Waals surface area contributed by atoms with E-state index in [2.05, 4.69) is 4.98 Å². The van der Waals surface area contributed by atoms with Gasteiger partial charge in [0.25, 0.3) is 5.78 Å². The zero-order chi connectivity index (χ0) is 25.8. The summed E-state index contributed by atoms with van der Waals surface area (Å²) in [5.74, 6) is -1.06. The predicted molar refractivity (Wildman–Crippen MR) is 138 cm³/mol. The first-order chi connectivity index (χ1) is 17.8. The number of thiazole rings is 1. The van der Waals surface area contributed by atoms with Crippen molar-refractivity contribution in [2.24, 2.45) is 0 Å². The Morgan fingerprint density at radius 1 is 1.14 bits per heavy atom. The molecule has 186 valence electrons. The fourth-order valence-electron chi connectivity index (χ4n) is 4.84. The lowest BCUT2D eigenvalue weighted by molar-refractivity contribution is -0.132. The summed E-state index contributed by atoms with van der Waals surface area (Å²) >= 11 is 1.22. The van der Waals surface area contributed by atoms with E-state index in [1.165, 1.54) is 40.5 Å². The molecule has 0 unspecified atom stereocenters. The van der Waals surface area contributed by atoms with E-state index in [1.807, 2.05) is 6.92 Å². The van der Waals surface area contributed by atoms with Gasteiger partial charge in [-0.05, 0) is 66.6 Å². The molecule has 0 radical (unpaired) electrons. The number of benzene rings is 3. The van der Waals surface area contributed by atoms with Crippen molar-refractivity contribution in [2.45, 2.75) is 25.5 Å². The summed E-state index contributed by atoms with van der Waals surface area (Å²) < 4.78 is 25.6. The predicted octanol–water partition coefficient (Wildman–Crippen LogP) is 5.39. The van der Waals surface area contributed by atoms with Gasteiger partial charge in [0.05, 0.1) is 28.9 Å². The summed E-state index contributed by atoms with van der Waals surface area (Å²) in [5.41, 5.74) is 2.32. The SMILES string of the molecule is COc1ccc2nc(N3C(=O)C(=O)/C(=C(/O)c4ccc5c(c4)C[C@H](C)O5)[C@H]3c3ccc(F)cc3)sc2c1. The third-order valence-corrected chi connectivity index (χ3v) is 7.61. The number of methoxy groups -OCH3 is 1. The van der Waals surface area contributed by atoms with Gasteiger partial charge in [0.15, 0.2) is 5.13 Å². The lowest BCUT2D eigenvalue weighted by Crippen LogP contribution is -2.29. The molecule has 1 fully saturated rings. The van der Waals surface area contributed by atoms with Crippen LogP contribution in [0.25, 0.3) is 16.0 Å². The fourth-order valence-corrected chi connectivity index (χ4v) is 5.86. The molecule has 0 bridgehead atoms. The number of fused-ring (bicyclic) bond motifs is 2. The molecular weight excluding hydrogens is 495 g/mol. The summed E-state index contributed by atoms with van der Waals surface area (Å²) in [6, 6.07) is 15.0. The van der Waals surface area contributed by atoms with Crippen LogP contribution in [0.4, 0.5) is 9.52 Å². The van der Waals surface area contributed by atoms with Crippen molar-refractivity contribution in [3.63, 3.8) is 0 Å². The van der Waals surface area contributed by atoms with Gasteiger partial charge in [0.2, 0.25) is 0 Å². The Morgan fingerprint density at radius 3 is 2.68 bits per heavy atom. The normalized spacial score (nSPS) is 20.4. The molecule has 7 nitrogen and oxygen atoms in total. The minimum absolute atomic E-state index is 0.00912. The molecule has 37 heavy (non-hydrogen) atoms. The quantitative estimate of drug-likeness (QED) is 0.222. The number of anilines is 1. The van der Waals surface area contributed by atoms with E-state index in [0.717, 1.165) is 16.0 Å². The minimum Gasteiger partial charge on any atom is -0.507 e. The van der Waals surface area contributed by atoms with Gasteiger partial charge in [-0.1, -0.05) is 23.5 Å². The molecule has 3 aromatic carbocycles. The highest BCUT2D eigenvalue weighted by atomic mass is 32.1. The van der Waals surface area contributed by atoms with E-state index in [-0.39, 0.29) is 22.6 Å². The van der Waals surface area contributed by atoms with Crippen LogP contribution < -0.4 is 14.4 Å². The average Bonchev–Trinajstić information content (AvgIpc) is 3.55. The molecule has 2 aliphatic heterocycles. The first kappa shape index (κ1) is 23.2. The fraction of sp³-hybridized carbons (Fsp3) is 0.179. The van der Waals surface area contributed by atoms with E-state index in [4.69, 9.17) is 9.47 Å². The second-order valence-corrected chi connectivity index (χ2v) is 10.0. The molecule has 1 aromatic heterocycles. The average molecular weight is 517 g/mol. The number of halogens is 1. The molecule has 1 amide bonds. The smallest absolute Gasteiger partial charge is 0.301 e. The summed E-state index contributed by atoms with van der Waals surface area (Å²) in [6.07, 6.45) is 0.677. The maximum Gasteiger partial charge on any atom is 0.301 e. The van der Waals surface area contributed by atoms with Gasteiger partial charge < -0.3 is 14.6 Å². The third-order valence-electron chi connectivity index (χ3n) is 6.59. The first-order valence-corrected chi connectivity index (χ1v) is 12.5. The third kappa shape index (κ3) is 3.82. The van der Waals surface area contributed by atoms with Gasteiger partial charge in [-0.2, -0.15) is 0 Å². The van der Waals surface area contributed by atoms with Gasteiger partial charge in [0, 0.05) is 12.0 Å². The zero-order valence-corrected chi connectivity index (χ0v) is 20.7. The number of rotatable bonds is 4. The lowest BCUT2D eigenvalue weighted by atomic mass is 9.94. The number of carbonyl (C=O) groups excluding carboxylic acids is 2. The van der Waals surface area contributed by atoms with Crippen LogP contribution in [0.1, 0.15) is 29.7 Å². The van der Waals surface area contributed by atoms with Crippen LogP contribution in [0.3, 0.4) is 0 Å². The molecule has 9 heteroatoms. The van der Waals surface area contributed by atoms with Crippen LogP contribution in [0.5, 0.6) is 11.5 Å². The molecule has 3 heterocycles. The highest BCUT2D eigenvalue weighted by Gasteiger charge is 2.48. The monoisotopic (exact) mass is 516 g/mol. The van der Waals surface area contributed by atoms with Crippen molar-refractivity contribution >= 4 is 44.1 Å². The number of carbonyl (C=O) groups is 2. The summed E-state index contributed by atoms with van der Waals surface area (Å²) in [6.45, 7) is 1.95. The van der Waals surface area contributed by atoms with E-state index in [9.17, 15) is 19.1 Å². The first-order valence-electron chi connectivity index (χ1n) is 11.6. The maximum atomic E-state index is 13.8. The van der Waals surface area contributed by atoms with Crippen molar-refractivity contribution in [1.82, 2.24) is 4.98 Å². The number of amides is 1. The molecule has 1 saturated heterocycles. The summed E-state index contributed by atoms with van der Waals surface area (Å²) in [4.78, 5) is 32.7. The number of ether oxygens (including phenoxy) is 2. The molecule has 1 N–H and O–H groups in total. The number of hydrogen-bond donors (Lipinski definition) is 1. The highest BCUT2D eigenvalue weighted by molar-refractivity contribution is 7.22. The van der Waals surface area contributed by atoms with E-state index < -0.39 is 23.5 Å². The number of aliphatic hydroxyl groups excluding tert-OH is 1. The largest absolute Gasteiger partial charge is 0.507 e.